The predicted octanol–water partition coefficient (Wildman–Crippen LogP) is 3.91. The Morgan fingerprint density at radius 2 is 2.18 bits per heavy atom. The minimum atomic E-state index is -0.0823. The number of hydrogen-bond donors (Lipinski definition) is 1. The molecule has 2 rings (SSSR count). The molecule has 1 aromatic carbocycles. The van der Waals surface area contributed by atoms with Crippen molar-refractivity contribution in [1.29, 1.82) is 0 Å². The van der Waals surface area contributed by atoms with Crippen molar-refractivity contribution >= 4 is 15.9 Å². The quantitative estimate of drug-likeness (QED) is 0.785. The van der Waals surface area contributed by atoms with Gasteiger partial charge in [0.2, 0.25) is 0 Å². The van der Waals surface area contributed by atoms with Crippen molar-refractivity contribution in [3.8, 4) is 0 Å². The second kappa shape index (κ2) is 5.49. The van der Waals surface area contributed by atoms with Crippen LogP contribution in [0.25, 0.3) is 0 Å². The van der Waals surface area contributed by atoms with Gasteiger partial charge in [-0.05, 0) is 55.3 Å². The number of hydrogen-bond acceptors (Lipinski definition) is 1. The molecule has 1 aromatic rings. The molecule has 0 amide bonds. The van der Waals surface area contributed by atoms with Crippen molar-refractivity contribution in [1.82, 2.24) is 5.32 Å². The highest BCUT2D eigenvalue weighted by Crippen LogP contribution is 2.48. The lowest BCUT2D eigenvalue weighted by molar-refractivity contribution is 0.446. The fraction of sp³-hybridized carbons (Fsp3) is 0.571. The normalized spacial score (nSPS) is 17.1. The lowest BCUT2D eigenvalue weighted by atomic mass is 9.96. The molecule has 1 aliphatic rings. The van der Waals surface area contributed by atoms with Gasteiger partial charge in [-0.1, -0.05) is 28.9 Å². The molecule has 1 aliphatic carbocycles. The molecule has 3 heteroatoms. The standard InChI is InChI=1S/C14H19BrFN/c1-2-7-17-10-14(5-6-14)9-11-3-4-12(15)8-13(11)16/h3-4,8,17H,2,5-7,9-10H2,1H3. The van der Waals surface area contributed by atoms with Crippen molar-refractivity contribution in [3.63, 3.8) is 0 Å². The van der Waals surface area contributed by atoms with Crippen LogP contribution in [0.5, 0.6) is 0 Å². The summed E-state index contributed by atoms with van der Waals surface area (Å²) in [5.41, 5.74) is 1.17. The molecule has 94 valence electrons. The smallest absolute Gasteiger partial charge is 0.127 e. The van der Waals surface area contributed by atoms with E-state index in [4.69, 9.17) is 0 Å². The summed E-state index contributed by atoms with van der Waals surface area (Å²) >= 11 is 3.29. The minimum absolute atomic E-state index is 0.0823. The van der Waals surface area contributed by atoms with Gasteiger partial charge in [-0.25, -0.2) is 4.39 Å². The zero-order valence-corrected chi connectivity index (χ0v) is 11.8. The first-order chi connectivity index (χ1) is 8.15. The molecule has 0 atom stereocenters. The summed E-state index contributed by atoms with van der Waals surface area (Å²) in [7, 11) is 0. The van der Waals surface area contributed by atoms with E-state index in [0.717, 1.165) is 36.0 Å². The van der Waals surface area contributed by atoms with Crippen LogP contribution in [-0.2, 0) is 6.42 Å². The molecule has 1 saturated carbocycles. The van der Waals surface area contributed by atoms with Crippen molar-refractivity contribution in [2.45, 2.75) is 32.6 Å². The van der Waals surface area contributed by atoms with Gasteiger partial charge in [-0.15, -0.1) is 0 Å². The average molecular weight is 300 g/mol. The third-order valence-corrected chi connectivity index (χ3v) is 3.96. The highest BCUT2D eigenvalue weighted by Gasteiger charge is 2.42. The van der Waals surface area contributed by atoms with Gasteiger partial charge in [0.25, 0.3) is 0 Å². The molecule has 1 nitrogen and oxygen atoms in total. The van der Waals surface area contributed by atoms with Crippen LogP contribution < -0.4 is 5.32 Å². The highest BCUT2D eigenvalue weighted by atomic mass is 79.9. The van der Waals surface area contributed by atoms with Gasteiger partial charge in [0, 0.05) is 11.0 Å². The Hall–Kier alpha value is -0.410. The molecule has 1 fully saturated rings. The molecule has 0 radical (unpaired) electrons. The molecule has 0 saturated heterocycles. The maximum absolute atomic E-state index is 13.7. The summed E-state index contributed by atoms with van der Waals surface area (Å²) in [6.07, 6.45) is 4.46. The summed E-state index contributed by atoms with van der Waals surface area (Å²) in [4.78, 5) is 0. The summed E-state index contributed by atoms with van der Waals surface area (Å²) in [6, 6.07) is 5.39. The van der Waals surface area contributed by atoms with E-state index in [1.807, 2.05) is 12.1 Å². The van der Waals surface area contributed by atoms with Gasteiger partial charge in [0.05, 0.1) is 0 Å². The molecule has 1 N–H and O–H groups in total. The summed E-state index contributed by atoms with van der Waals surface area (Å²) in [6.45, 7) is 4.25. The average Bonchev–Trinajstić information content (AvgIpc) is 3.03. The Bertz CT molecular complexity index is 388. The SMILES string of the molecule is CCCNCC1(Cc2ccc(Br)cc2F)CC1. The van der Waals surface area contributed by atoms with Crippen LogP contribution in [0.15, 0.2) is 22.7 Å². The van der Waals surface area contributed by atoms with Crippen LogP contribution in [0.4, 0.5) is 4.39 Å². The number of rotatable bonds is 6. The second-order valence-electron chi connectivity index (χ2n) is 5.09. The van der Waals surface area contributed by atoms with E-state index in [1.165, 1.54) is 12.8 Å². The maximum atomic E-state index is 13.7. The Kier molecular flexibility index (Phi) is 4.21. The van der Waals surface area contributed by atoms with Gasteiger partial charge in [0.15, 0.2) is 0 Å². The predicted molar refractivity (Wildman–Crippen MR) is 72.6 cm³/mol. The van der Waals surface area contributed by atoms with Crippen molar-refractivity contribution in [2.24, 2.45) is 5.41 Å². The molecule has 0 heterocycles. The third kappa shape index (κ3) is 3.52. The van der Waals surface area contributed by atoms with Crippen LogP contribution in [0.3, 0.4) is 0 Å². The lowest BCUT2D eigenvalue weighted by Crippen LogP contribution is -2.26. The Labute approximate surface area is 111 Å². The van der Waals surface area contributed by atoms with Crippen LogP contribution in [0.1, 0.15) is 31.7 Å². The first-order valence-corrected chi connectivity index (χ1v) is 7.09. The van der Waals surface area contributed by atoms with Crippen LogP contribution in [-0.4, -0.2) is 13.1 Å². The summed E-state index contributed by atoms with van der Waals surface area (Å²) in [5.74, 6) is -0.0823. The second-order valence-corrected chi connectivity index (χ2v) is 6.00. The molecule has 0 spiro atoms. The lowest BCUT2D eigenvalue weighted by Gasteiger charge is -2.16. The molecule has 0 bridgehead atoms. The monoisotopic (exact) mass is 299 g/mol. The van der Waals surface area contributed by atoms with Gasteiger partial charge in [-0.3, -0.25) is 0 Å². The summed E-state index contributed by atoms with van der Waals surface area (Å²) in [5, 5.41) is 3.46. The number of nitrogens with one attached hydrogen (secondary N) is 1. The van der Waals surface area contributed by atoms with Gasteiger partial charge < -0.3 is 5.32 Å². The van der Waals surface area contributed by atoms with Gasteiger partial charge in [0.1, 0.15) is 5.82 Å². The third-order valence-electron chi connectivity index (χ3n) is 3.46. The van der Waals surface area contributed by atoms with Gasteiger partial charge >= 0.3 is 0 Å². The molecule has 0 aliphatic heterocycles. The van der Waals surface area contributed by atoms with Crippen molar-refractivity contribution in [3.05, 3.63) is 34.1 Å². The summed E-state index contributed by atoms with van der Waals surface area (Å²) < 4.78 is 14.6. The van der Waals surface area contributed by atoms with E-state index in [2.05, 4.69) is 28.2 Å². The zero-order valence-electron chi connectivity index (χ0n) is 10.2. The number of halogens is 2. The first-order valence-electron chi connectivity index (χ1n) is 6.30. The van der Waals surface area contributed by atoms with Crippen molar-refractivity contribution < 1.29 is 4.39 Å². The fourth-order valence-corrected chi connectivity index (χ4v) is 2.53. The first kappa shape index (κ1) is 13.0. The maximum Gasteiger partial charge on any atom is 0.127 e. The minimum Gasteiger partial charge on any atom is -0.316 e. The Morgan fingerprint density at radius 1 is 1.41 bits per heavy atom. The molecular formula is C14H19BrFN. The van der Waals surface area contributed by atoms with Crippen LogP contribution in [0, 0.1) is 11.2 Å². The molecule has 17 heavy (non-hydrogen) atoms. The molecular weight excluding hydrogens is 281 g/mol. The largest absolute Gasteiger partial charge is 0.316 e. The topological polar surface area (TPSA) is 12.0 Å². The van der Waals surface area contributed by atoms with Crippen molar-refractivity contribution in [2.75, 3.05) is 13.1 Å². The van der Waals surface area contributed by atoms with E-state index in [1.54, 1.807) is 6.07 Å². The highest BCUT2D eigenvalue weighted by molar-refractivity contribution is 9.10. The van der Waals surface area contributed by atoms with E-state index in [9.17, 15) is 4.39 Å². The Morgan fingerprint density at radius 3 is 2.76 bits per heavy atom. The number of benzene rings is 1. The Balaban J connectivity index is 1.95. The van der Waals surface area contributed by atoms with E-state index >= 15 is 0 Å². The van der Waals surface area contributed by atoms with Gasteiger partial charge in [-0.2, -0.15) is 0 Å². The van der Waals surface area contributed by atoms with E-state index in [0.29, 0.717) is 5.41 Å². The van der Waals surface area contributed by atoms with Crippen LogP contribution >= 0.6 is 15.9 Å². The molecule has 0 aromatic heterocycles. The van der Waals surface area contributed by atoms with E-state index in [-0.39, 0.29) is 5.82 Å². The fourth-order valence-electron chi connectivity index (χ4n) is 2.19. The van der Waals surface area contributed by atoms with E-state index < -0.39 is 0 Å². The van der Waals surface area contributed by atoms with Crippen LogP contribution in [0.2, 0.25) is 0 Å². The zero-order chi connectivity index (χ0) is 12.3. The molecule has 0 unspecified atom stereocenters.